The monoisotopic (exact) mass is 356 g/mol. The first-order valence-corrected chi connectivity index (χ1v) is 8.64. The normalized spacial score (nSPS) is 10.7. The summed E-state index contributed by atoms with van der Waals surface area (Å²) in [6.45, 7) is 2.02. The highest BCUT2D eigenvalue weighted by Gasteiger charge is 2.14. The van der Waals surface area contributed by atoms with Crippen molar-refractivity contribution in [2.75, 3.05) is 5.32 Å². The Morgan fingerprint density at radius 1 is 0.926 bits per heavy atom. The molecule has 0 unspecified atom stereocenters. The molecule has 1 N–H and O–H groups in total. The van der Waals surface area contributed by atoms with Crippen LogP contribution in [-0.2, 0) is 0 Å². The number of halogens is 1. The van der Waals surface area contributed by atoms with Crippen LogP contribution in [0.25, 0.3) is 22.2 Å². The molecule has 0 aliphatic rings. The number of carbonyl (C=O) groups excluding carboxylic acids is 1. The number of hydrogen-bond donors (Lipinski definition) is 1. The van der Waals surface area contributed by atoms with Gasteiger partial charge < -0.3 is 5.32 Å². The minimum absolute atomic E-state index is 0.255. The van der Waals surface area contributed by atoms with Gasteiger partial charge in [0.15, 0.2) is 0 Å². The summed E-state index contributed by atoms with van der Waals surface area (Å²) in [4.78, 5) is 17.6. The zero-order valence-electron chi connectivity index (χ0n) is 14.7. The quantitative estimate of drug-likeness (QED) is 0.519. The van der Waals surface area contributed by atoms with E-state index >= 15 is 0 Å². The molecular weight excluding hydrogens is 339 g/mol. The standard InChI is InChI=1S/C23H17FN2O/c1-15-5-4-6-16(13-15)22-14-20(19-7-2-3-8-21(19)26-22)23(27)25-18-11-9-17(24)10-12-18/h2-14H,1H3,(H,25,27). The first-order chi connectivity index (χ1) is 13.1. The number of nitrogens with zero attached hydrogens (tertiary/aromatic N) is 1. The number of hydrogen-bond acceptors (Lipinski definition) is 2. The largest absolute Gasteiger partial charge is 0.322 e. The number of aryl methyl sites for hydroxylation is 1. The van der Waals surface area contributed by atoms with Crippen molar-refractivity contribution in [3.8, 4) is 11.3 Å². The van der Waals surface area contributed by atoms with E-state index < -0.39 is 0 Å². The maximum absolute atomic E-state index is 13.1. The lowest BCUT2D eigenvalue weighted by Gasteiger charge is -2.11. The van der Waals surface area contributed by atoms with Crippen LogP contribution in [-0.4, -0.2) is 10.9 Å². The number of nitrogens with one attached hydrogen (secondary N) is 1. The Bertz CT molecular complexity index is 1140. The zero-order chi connectivity index (χ0) is 18.8. The van der Waals surface area contributed by atoms with E-state index in [9.17, 15) is 9.18 Å². The fraction of sp³-hybridized carbons (Fsp3) is 0.0435. The van der Waals surface area contributed by atoms with Crippen LogP contribution in [0.5, 0.6) is 0 Å². The van der Waals surface area contributed by atoms with Crippen molar-refractivity contribution >= 4 is 22.5 Å². The van der Waals surface area contributed by atoms with Gasteiger partial charge in [-0.1, -0.05) is 42.0 Å². The van der Waals surface area contributed by atoms with E-state index in [-0.39, 0.29) is 11.7 Å². The van der Waals surface area contributed by atoms with Crippen molar-refractivity contribution in [1.29, 1.82) is 0 Å². The maximum atomic E-state index is 13.1. The second kappa shape index (κ2) is 7.00. The topological polar surface area (TPSA) is 42.0 Å². The number of anilines is 1. The summed E-state index contributed by atoms with van der Waals surface area (Å²) in [6.07, 6.45) is 0. The third kappa shape index (κ3) is 3.55. The number of pyridine rings is 1. The van der Waals surface area contributed by atoms with Gasteiger partial charge in [-0.2, -0.15) is 0 Å². The van der Waals surface area contributed by atoms with E-state index in [1.807, 2.05) is 55.5 Å². The molecule has 3 aromatic carbocycles. The molecule has 0 radical (unpaired) electrons. The Labute approximate surface area is 156 Å². The van der Waals surface area contributed by atoms with E-state index in [0.29, 0.717) is 11.3 Å². The average molecular weight is 356 g/mol. The maximum Gasteiger partial charge on any atom is 0.256 e. The lowest BCUT2D eigenvalue weighted by atomic mass is 10.0. The number of rotatable bonds is 3. The molecule has 0 saturated heterocycles. The van der Waals surface area contributed by atoms with Crippen LogP contribution in [0.15, 0.2) is 78.9 Å². The van der Waals surface area contributed by atoms with Gasteiger partial charge in [0, 0.05) is 16.6 Å². The van der Waals surface area contributed by atoms with Crippen LogP contribution < -0.4 is 5.32 Å². The van der Waals surface area contributed by atoms with Gasteiger partial charge in [0.25, 0.3) is 5.91 Å². The summed E-state index contributed by atoms with van der Waals surface area (Å²) in [6, 6.07) is 23.1. The minimum atomic E-state index is -0.343. The van der Waals surface area contributed by atoms with Gasteiger partial charge in [-0.05, 0) is 49.4 Å². The summed E-state index contributed by atoms with van der Waals surface area (Å²) < 4.78 is 13.1. The Balaban J connectivity index is 1.80. The van der Waals surface area contributed by atoms with Crippen LogP contribution in [0.4, 0.5) is 10.1 Å². The molecule has 1 amide bonds. The molecule has 4 heteroatoms. The SMILES string of the molecule is Cc1cccc(-c2cc(C(=O)Nc3ccc(F)cc3)c3ccccc3n2)c1. The molecule has 3 nitrogen and oxygen atoms in total. The molecule has 0 aliphatic heterocycles. The summed E-state index contributed by atoms with van der Waals surface area (Å²) >= 11 is 0. The molecule has 4 rings (SSSR count). The smallest absolute Gasteiger partial charge is 0.256 e. The van der Waals surface area contributed by atoms with E-state index in [4.69, 9.17) is 4.98 Å². The van der Waals surface area contributed by atoms with Gasteiger partial charge in [0.2, 0.25) is 0 Å². The molecule has 0 bridgehead atoms. The molecule has 0 aliphatic carbocycles. The Morgan fingerprint density at radius 2 is 1.70 bits per heavy atom. The van der Waals surface area contributed by atoms with E-state index in [0.717, 1.165) is 27.7 Å². The molecule has 0 spiro atoms. The van der Waals surface area contributed by atoms with Gasteiger partial charge in [-0.3, -0.25) is 4.79 Å². The molecule has 0 fully saturated rings. The molecule has 27 heavy (non-hydrogen) atoms. The van der Waals surface area contributed by atoms with Crippen molar-refractivity contribution in [2.45, 2.75) is 6.92 Å². The van der Waals surface area contributed by atoms with Crippen LogP contribution in [0.1, 0.15) is 15.9 Å². The van der Waals surface area contributed by atoms with E-state index in [1.165, 1.54) is 24.3 Å². The second-order valence-electron chi connectivity index (χ2n) is 6.40. The minimum Gasteiger partial charge on any atom is -0.322 e. The highest BCUT2D eigenvalue weighted by molar-refractivity contribution is 6.13. The summed E-state index contributed by atoms with van der Waals surface area (Å²) in [5, 5.41) is 3.61. The van der Waals surface area contributed by atoms with Crippen molar-refractivity contribution in [2.24, 2.45) is 0 Å². The van der Waals surface area contributed by atoms with Gasteiger partial charge in [0.1, 0.15) is 5.82 Å². The highest BCUT2D eigenvalue weighted by Crippen LogP contribution is 2.26. The van der Waals surface area contributed by atoms with E-state index in [2.05, 4.69) is 5.32 Å². The second-order valence-corrected chi connectivity index (χ2v) is 6.40. The summed E-state index contributed by atoms with van der Waals surface area (Å²) in [5.74, 6) is -0.599. The third-order valence-corrected chi connectivity index (χ3v) is 4.38. The van der Waals surface area contributed by atoms with Crippen LogP contribution in [0, 0.1) is 12.7 Å². The first kappa shape index (κ1) is 16.9. The average Bonchev–Trinajstić information content (AvgIpc) is 2.69. The van der Waals surface area contributed by atoms with Crippen molar-refractivity contribution in [3.63, 3.8) is 0 Å². The highest BCUT2D eigenvalue weighted by atomic mass is 19.1. The lowest BCUT2D eigenvalue weighted by Crippen LogP contribution is -2.13. The Hall–Kier alpha value is -3.53. The van der Waals surface area contributed by atoms with Crippen LogP contribution in [0.2, 0.25) is 0 Å². The number of fused-ring (bicyclic) bond motifs is 1. The Kier molecular flexibility index (Phi) is 4.38. The van der Waals surface area contributed by atoms with Gasteiger partial charge >= 0.3 is 0 Å². The number of aromatic nitrogens is 1. The number of benzene rings is 3. The van der Waals surface area contributed by atoms with Crippen LogP contribution >= 0.6 is 0 Å². The van der Waals surface area contributed by atoms with Crippen LogP contribution in [0.3, 0.4) is 0 Å². The first-order valence-electron chi connectivity index (χ1n) is 8.64. The van der Waals surface area contributed by atoms with Gasteiger partial charge in [0.05, 0.1) is 16.8 Å². The fourth-order valence-electron chi connectivity index (χ4n) is 3.05. The van der Waals surface area contributed by atoms with Crippen molar-refractivity contribution in [3.05, 3.63) is 95.8 Å². The molecule has 0 atom stereocenters. The summed E-state index contributed by atoms with van der Waals surface area (Å²) in [7, 11) is 0. The number of amides is 1. The van der Waals surface area contributed by atoms with Gasteiger partial charge in [-0.15, -0.1) is 0 Å². The Morgan fingerprint density at radius 3 is 2.48 bits per heavy atom. The predicted molar refractivity (Wildman–Crippen MR) is 106 cm³/mol. The van der Waals surface area contributed by atoms with E-state index in [1.54, 1.807) is 6.07 Å². The molecule has 0 saturated carbocycles. The molecule has 4 aromatic rings. The third-order valence-electron chi connectivity index (χ3n) is 4.38. The molecule has 1 aromatic heterocycles. The molecule has 132 valence electrons. The lowest BCUT2D eigenvalue weighted by molar-refractivity contribution is 0.102. The van der Waals surface area contributed by atoms with Crippen molar-refractivity contribution in [1.82, 2.24) is 4.98 Å². The number of para-hydroxylation sites is 1. The fourth-order valence-corrected chi connectivity index (χ4v) is 3.05. The molecule has 1 heterocycles. The predicted octanol–water partition coefficient (Wildman–Crippen LogP) is 5.60. The zero-order valence-corrected chi connectivity index (χ0v) is 14.7. The van der Waals surface area contributed by atoms with Crippen molar-refractivity contribution < 1.29 is 9.18 Å². The van der Waals surface area contributed by atoms with Gasteiger partial charge in [-0.25, -0.2) is 9.37 Å². The molecular formula is C23H17FN2O. The summed E-state index contributed by atoms with van der Waals surface area (Å²) in [5.41, 5.74) is 4.64. The number of carbonyl (C=O) groups is 1.